The normalized spacial score (nSPS) is 23.4. The van der Waals surface area contributed by atoms with Crippen LogP contribution in [0, 0.1) is 0 Å². The standard InChI is InChI=1S/C24H27N3OS/c1-5-27-20-12-11-17(13-19(20)16(2)15-24(27,3)4)14-21-22(28)26-23(29-21)25-18-9-7-6-8-10-18/h6-14,16H,5,15H2,1-4H3,(H,25,26,28)/b21-14-/t16-/m1/s1. The molecular formula is C24H27N3OS. The molecule has 0 aromatic heterocycles. The summed E-state index contributed by atoms with van der Waals surface area (Å²) in [5.74, 6) is 0.396. The first kappa shape index (κ1) is 19.8. The summed E-state index contributed by atoms with van der Waals surface area (Å²) in [5, 5.41) is 3.49. The molecular weight excluding hydrogens is 378 g/mol. The molecule has 1 atom stereocenters. The van der Waals surface area contributed by atoms with Gasteiger partial charge in [-0.2, -0.15) is 0 Å². The van der Waals surface area contributed by atoms with E-state index in [0.29, 0.717) is 16.0 Å². The minimum absolute atomic E-state index is 0.0910. The van der Waals surface area contributed by atoms with Crippen LogP contribution in [-0.4, -0.2) is 23.2 Å². The van der Waals surface area contributed by atoms with Gasteiger partial charge in [-0.15, -0.1) is 0 Å². The summed E-state index contributed by atoms with van der Waals surface area (Å²) in [5.41, 5.74) is 4.73. The molecule has 2 aliphatic heterocycles. The lowest BCUT2D eigenvalue weighted by Crippen LogP contribution is -2.48. The van der Waals surface area contributed by atoms with Crippen LogP contribution >= 0.6 is 11.8 Å². The fourth-order valence-corrected chi connectivity index (χ4v) is 5.29. The number of aliphatic imine (C=N–C) groups is 1. The average Bonchev–Trinajstić information content (AvgIpc) is 3.01. The van der Waals surface area contributed by atoms with E-state index in [-0.39, 0.29) is 11.4 Å². The molecule has 4 nitrogen and oxygen atoms in total. The van der Waals surface area contributed by atoms with Crippen molar-refractivity contribution >= 4 is 40.3 Å². The van der Waals surface area contributed by atoms with Crippen LogP contribution in [0.4, 0.5) is 11.4 Å². The van der Waals surface area contributed by atoms with Crippen molar-refractivity contribution in [2.45, 2.75) is 45.6 Å². The molecule has 0 aliphatic carbocycles. The molecule has 1 amide bonds. The predicted molar refractivity (Wildman–Crippen MR) is 124 cm³/mol. The minimum Gasteiger partial charge on any atom is -0.366 e. The zero-order valence-electron chi connectivity index (χ0n) is 17.4. The van der Waals surface area contributed by atoms with E-state index in [2.05, 4.69) is 61.1 Å². The zero-order chi connectivity index (χ0) is 20.6. The van der Waals surface area contributed by atoms with E-state index in [9.17, 15) is 4.79 Å². The van der Waals surface area contributed by atoms with Gasteiger partial charge in [0, 0.05) is 17.8 Å². The van der Waals surface area contributed by atoms with Crippen LogP contribution in [0.1, 0.15) is 51.2 Å². The van der Waals surface area contributed by atoms with E-state index in [0.717, 1.165) is 24.2 Å². The molecule has 2 aliphatic rings. The number of anilines is 1. The number of hydrogen-bond donors (Lipinski definition) is 1. The number of rotatable bonds is 3. The fourth-order valence-electron chi connectivity index (χ4n) is 4.45. The molecule has 2 heterocycles. The Morgan fingerprint density at radius 3 is 2.72 bits per heavy atom. The van der Waals surface area contributed by atoms with Gasteiger partial charge in [0.05, 0.1) is 10.6 Å². The Kier molecular flexibility index (Phi) is 5.26. The van der Waals surface area contributed by atoms with Crippen LogP contribution in [0.15, 0.2) is 58.4 Å². The van der Waals surface area contributed by atoms with Crippen molar-refractivity contribution in [3.05, 3.63) is 64.6 Å². The third kappa shape index (κ3) is 3.97. The van der Waals surface area contributed by atoms with Crippen LogP contribution in [0.5, 0.6) is 0 Å². The fraction of sp³-hybridized carbons (Fsp3) is 0.333. The number of nitrogens with zero attached hydrogens (tertiary/aromatic N) is 2. The van der Waals surface area contributed by atoms with Gasteiger partial charge in [0.2, 0.25) is 0 Å². The number of nitrogens with one attached hydrogen (secondary N) is 1. The summed E-state index contributed by atoms with van der Waals surface area (Å²) in [7, 11) is 0. The SMILES string of the molecule is CCN1c2ccc(/C=C3\SC(=Nc4ccccc4)NC3=O)cc2[C@H](C)CC1(C)C. The van der Waals surface area contributed by atoms with Gasteiger partial charge >= 0.3 is 0 Å². The van der Waals surface area contributed by atoms with Gasteiger partial charge in [0.25, 0.3) is 5.91 Å². The first-order chi connectivity index (χ1) is 13.9. The molecule has 2 aromatic rings. The van der Waals surface area contributed by atoms with Gasteiger partial charge in [0.1, 0.15) is 0 Å². The lowest BCUT2D eigenvalue weighted by molar-refractivity contribution is -0.115. The van der Waals surface area contributed by atoms with Gasteiger partial charge < -0.3 is 10.2 Å². The van der Waals surface area contributed by atoms with Crippen molar-refractivity contribution in [2.24, 2.45) is 4.99 Å². The van der Waals surface area contributed by atoms with Crippen LogP contribution in [0.25, 0.3) is 6.08 Å². The van der Waals surface area contributed by atoms with E-state index < -0.39 is 0 Å². The first-order valence-electron chi connectivity index (χ1n) is 10.1. The molecule has 1 fully saturated rings. The number of amides is 1. The van der Waals surface area contributed by atoms with Crippen LogP contribution in [0.2, 0.25) is 0 Å². The van der Waals surface area contributed by atoms with Crippen molar-refractivity contribution in [3.63, 3.8) is 0 Å². The van der Waals surface area contributed by atoms with E-state index in [1.165, 1.54) is 23.0 Å². The Morgan fingerprint density at radius 1 is 1.24 bits per heavy atom. The van der Waals surface area contributed by atoms with Gasteiger partial charge in [-0.1, -0.05) is 31.2 Å². The Morgan fingerprint density at radius 2 is 2.00 bits per heavy atom. The molecule has 0 saturated carbocycles. The van der Waals surface area contributed by atoms with Crippen molar-refractivity contribution in [3.8, 4) is 0 Å². The smallest absolute Gasteiger partial charge is 0.264 e. The Labute approximate surface area is 177 Å². The summed E-state index contributed by atoms with van der Waals surface area (Å²) < 4.78 is 0. The van der Waals surface area contributed by atoms with Crippen LogP contribution < -0.4 is 10.2 Å². The van der Waals surface area contributed by atoms with Gasteiger partial charge in [0.15, 0.2) is 5.17 Å². The molecule has 4 rings (SSSR count). The maximum atomic E-state index is 12.4. The predicted octanol–water partition coefficient (Wildman–Crippen LogP) is 5.69. The lowest BCUT2D eigenvalue weighted by Gasteiger charge is -2.47. The topological polar surface area (TPSA) is 44.7 Å². The lowest BCUT2D eigenvalue weighted by atomic mass is 9.79. The van der Waals surface area contributed by atoms with Crippen molar-refractivity contribution in [2.75, 3.05) is 11.4 Å². The molecule has 0 unspecified atom stereocenters. The Bertz CT molecular complexity index is 994. The molecule has 0 radical (unpaired) electrons. The van der Waals surface area contributed by atoms with Gasteiger partial charge in [-0.25, -0.2) is 4.99 Å². The molecule has 5 heteroatoms. The maximum Gasteiger partial charge on any atom is 0.264 e. The van der Waals surface area contributed by atoms with Gasteiger partial charge in [-0.3, -0.25) is 4.79 Å². The maximum absolute atomic E-state index is 12.4. The monoisotopic (exact) mass is 405 g/mol. The highest BCUT2D eigenvalue weighted by Crippen LogP contribution is 2.43. The quantitative estimate of drug-likeness (QED) is 0.667. The number of benzene rings is 2. The second-order valence-corrected chi connectivity index (χ2v) is 9.33. The number of hydrogen-bond acceptors (Lipinski definition) is 4. The minimum atomic E-state index is -0.0910. The van der Waals surface area contributed by atoms with Crippen molar-refractivity contribution < 1.29 is 4.79 Å². The zero-order valence-corrected chi connectivity index (χ0v) is 18.2. The average molecular weight is 406 g/mol. The number of carbonyl (C=O) groups excluding carboxylic acids is 1. The molecule has 1 saturated heterocycles. The van der Waals surface area contributed by atoms with Crippen LogP contribution in [0.3, 0.4) is 0 Å². The summed E-state index contributed by atoms with van der Waals surface area (Å²) in [4.78, 5) is 20.1. The third-order valence-corrected chi connectivity index (χ3v) is 6.57. The van der Waals surface area contributed by atoms with Crippen molar-refractivity contribution in [1.82, 2.24) is 5.32 Å². The largest absolute Gasteiger partial charge is 0.366 e. The number of fused-ring (bicyclic) bond motifs is 1. The first-order valence-corrected chi connectivity index (χ1v) is 11.0. The molecule has 1 N–H and O–H groups in total. The highest BCUT2D eigenvalue weighted by Gasteiger charge is 2.35. The van der Waals surface area contributed by atoms with E-state index in [1.807, 2.05) is 36.4 Å². The summed E-state index contributed by atoms with van der Waals surface area (Å²) in [6, 6.07) is 16.2. The summed E-state index contributed by atoms with van der Waals surface area (Å²) in [6.45, 7) is 10.1. The molecule has 0 bridgehead atoms. The third-order valence-electron chi connectivity index (χ3n) is 5.66. The number of para-hydroxylation sites is 1. The Balaban J connectivity index is 1.62. The number of carbonyl (C=O) groups is 1. The second kappa shape index (κ2) is 7.71. The number of thioether (sulfide) groups is 1. The molecule has 150 valence electrons. The van der Waals surface area contributed by atoms with E-state index in [1.54, 1.807) is 0 Å². The highest BCUT2D eigenvalue weighted by molar-refractivity contribution is 8.18. The Hall–Kier alpha value is -2.53. The molecule has 0 spiro atoms. The molecule has 29 heavy (non-hydrogen) atoms. The number of amidine groups is 1. The van der Waals surface area contributed by atoms with E-state index in [4.69, 9.17) is 0 Å². The highest BCUT2D eigenvalue weighted by atomic mass is 32.2. The van der Waals surface area contributed by atoms with Crippen molar-refractivity contribution in [1.29, 1.82) is 0 Å². The van der Waals surface area contributed by atoms with Crippen LogP contribution in [-0.2, 0) is 4.79 Å². The second-order valence-electron chi connectivity index (χ2n) is 8.30. The molecule has 2 aromatic carbocycles. The summed E-state index contributed by atoms with van der Waals surface area (Å²) >= 11 is 1.39. The van der Waals surface area contributed by atoms with Gasteiger partial charge in [-0.05, 0) is 86.3 Å². The summed E-state index contributed by atoms with van der Waals surface area (Å²) in [6.07, 6.45) is 3.09. The van der Waals surface area contributed by atoms with E-state index >= 15 is 0 Å².